The molecule has 3 aromatic carbocycles. The molecule has 0 aliphatic heterocycles. The Labute approximate surface area is 261 Å². The van der Waals surface area contributed by atoms with E-state index in [1.165, 1.54) is 35.2 Å². The van der Waals surface area contributed by atoms with Crippen LogP contribution in [0, 0.1) is 12.8 Å². The van der Waals surface area contributed by atoms with Crippen molar-refractivity contribution in [2.75, 3.05) is 17.4 Å². The molecule has 1 unspecified atom stereocenters. The van der Waals surface area contributed by atoms with E-state index in [4.69, 9.17) is 46.4 Å². The van der Waals surface area contributed by atoms with Crippen molar-refractivity contribution >= 4 is 73.9 Å². The first kappa shape index (κ1) is 33.0. The van der Waals surface area contributed by atoms with Crippen LogP contribution in [-0.2, 0) is 26.2 Å². The molecule has 3 aromatic rings. The van der Waals surface area contributed by atoms with Crippen LogP contribution >= 0.6 is 46.4 Å². The lowest BCUT2D eigenvalue weighted by molar-refractivity contribution is -0.139. The van der Waals surface area contributed by atoms with Crippen LogP contribution in [0.3, 0.4) is 0 Å². The highest BCUT2D eigenvalue weighted by Gasteiger charge is 2.34. The zero-order chi connectivity index (χ0) is 30.5. The van der Waals surface area contributed by atoms with E-state index in [1.807, 2.05) is 20.8 Å². The van der Waals surface area contributed by atoms with Crippen LogP contribution in [0.25, 0.3) is 0 Å². The summed E-state index contributed by atoms with van der Waals surface area (Å²) in [5.41, 5.74) is 1.29. The Balaban J connectivity index is 2.10. The third-order valence-corrected chi connectivity index (χ3v) is 9.62. The monoisotopic (exact) mass is 657 g/mol. The molecule has 0 bridgehead atoms. The molecule has 1 atom stereocenters. The predicted octanol–water partition coefficient (Wildman–Crippen LogP) is 6.99. The van der Waals surface area contributed by atoms with Crippen molar-refractivity contribution in [2.24, 2.45) is 5.92 Å². The highest BCUT2D eigenvalue weighted by atomic mass is 35.5. The molecule has 0 fully saturated rings. The van der Waals surface area contributed by atoms with Crippen LogP contribution in [-0.4, -0.2) is 44.3 Å². The summed E-state index contributed by atoms with van der Waals surface area (Å²) in [6, 6.07) is 14.6. The summed E-state index contributed by atoms with van der Waals surface area (Å²) in [5, 5.41) is 3.49. The van der Waals surface area contributed by atoms with Crippen molar-refractivity contribution in [3.63, 3.8) is 0 Å². The maximum atomic E-state index is 14.0. The normalized spacial score (nSPS) is 12.2. The highest BCUT2D eigenvalue weighted by Crippen LogP contribution is 2.36. The molecule has 0 heterocycles. The first-order valence-electron chi connectivity index (χ1n) is 12.8. The molecule has 0 saturated heterocycles. The average molecular weight is 659 g/mol. The molecule has 1 N–H and O–H groups in total. The van der Waals surface area contributed by atoms with Gasteiger partial charge >= 0.3 is 0 Å². The summed E-state index contributed by atoms with van der Waals surface area (Å²) in [5.74, 6) is -0.919. The van der Waals surface area contributed by atoms with Crippen LogP contribution in [0.15, 0.2) is 65.6 Å². The van der Waals surface area contributed by atoms with E-state index in [2.05, 4.69) is 5.32 Å². The lowest BCUT2D eigenvalue weighted by Gasteiger charge is -2.32. The number of aryl methyl sites for hydroxylation is 1. The first-order valence-corrected chi connectivity index (χ1v) is 15.7. The molecule has 0 aliphatic carbocycles. The van der Waals surface area contributed by atoms with E-state index in [-0.39, 0.29) is 33.1 Å². The summed E-state index contributed by atoms with van der Waals surface area (Å²) >= 11 is 25.5. The van der Waals surface area contributed by atoms with Gasteiger partial charge in [0.2, 0.25) is 11.8 Å². The zero-order valence-corrected chi connectivity index (χ0v) is 26.8. The second-order valence-electron chi connectivity index (χ2n) is 9.93. The van der Waals surface area contributed by atoms with Crippen molar-refractivity contribution in [1.82, 2.24) is 10.2 Å². The molecular formula is C29H31Cl4N3O4S. The number of nitrogens with zero attached hydrogens (tertiary/aromatic N) is 2. The van der Waals surface area contributed by atoms with Crippen molar-refractivity contribution in [3.05, 3.63) is 91.9 Å². The Kier molecular flexibility index (Phi) is 11.4. The Morgan fingerprint density at radius 3 is 2.00 bits per heavy atom. The third kappa shape index (κ3) is 8.08. The van der Waals surface area contributed by atoms with Gasteiger partial charge in [0.1, 0.15) is 12.6 Å². The molecule has 0 aromatic heterocycles. The zero-order valence-electron chi connectivity index (χ0n) is 23.0. The minimum Gasteiger partial charge on any atom is -0.354 e. The predicted molar refractivity (Wildman–Crippen MR) is 166 cm³/mol. The highest BCUT2D eigenvalue weighted by molar-refractivity contribution is 7.92. The molecular weight excluding hydrogens is 628 g/mol. The standard InChI is InChI=1S/C29H31Cl4N3O4S/c1-18(2)15-34-29(38)20(4)35(16-22-23(30)7-5-8-24(22)31)27(37)17-36(26-10-6-9-25(32)28(26)33)41(39,40)21-13-11-19(3)12-14-21/h5-14,18,20H,15-17H2,1-4H3,(H,34,38). The number of hydrogen-bond donors (Lipinski definition) is 1. The molecule has 2 amide bonds. The van der Waals surface area contributed by atoms with E-state index < -0.39 is 34.4 Å². The smallest absolute Gasteiger partial charge is 0.264 e. The number of carbonyl (C=O) groups is 2. The maximum absolute atomic E-state index is 14.0. The van der Waals surface area contributed by atoms with E-state index in [9.17, 15) is 18.0 Å². The molecule has 0 spiro atoms. The minimum absolute atomic E-state index is 0.0146. The van der Waals surface area contributed by atoms with Crippen molar-refractivity contribution < 1.29 is 18.0 Å². The van der Waals surface area contributed by atoms with Crippen LogP contribution in [0.4, 0.5) is 5.69 Å². The largest absolute Gasteiger partial charge is 0.354 e. The average Bonchev–Trinajstić information content (AvgIpc) is 2.91. The van der Waals surface area contributed by atoms with Crippen LogP contribution < -0.4 is 9.62 Å². The molecule has 7 nitrogen and oxygen atoms in total. The molecule has 220 valence electrons. The van der Waals surface area contributed by atoms with E-state index >= 15 is 0 Å². The number of amides is 2. The molecule has 0 aliphatic rings. The number of anilines is 1. The van der Waals surface area contributed by atoms with Gasteiger partial charge in [0, 0.05) is 28.7 Å². The van der Waals surface area contributed by atoms with Crippen LogP contribution in [0.5, 0.6) is 0 Å². The summed E-state index contributed by atoms with van der Waals surface area (Å²) in [4.78, 5) is 28.4. The Morgan fingerprint density at radius 2 is 1.41 bits per heavy atom. The van der Waals surface area contributed by atoms with Gasteiger partial charge in [0.15, 0.2) is 0 Å². The fraction of sp³-hybridized carbons (Fsp3) is 0.310. The second kappa shape index (κ2) is 14.1. The molecule has 0 saturated carbocycles. The maximum Gasteiger partial charge on any atom is 0.264 e. The van der Waals surface area contributed by atoms with Gasteiger partial charge in [-0.3, -0.25) is 13.9 Å². The quantitative estimate of drug-likeness (QED) is 0.241. The van der Waals surface area contributed by atoms with E-state index in [0.29, 0.717) is 22.2 Å². The van der Waals surface area contributed by atoms with Gasteiger partial charge in [0.25, 0.3) is 10.0 Å². The van der Waals surface area contributed by atoms with Gasteiger partial charge in [-0.25, -0.2) is 8.42 Å². The molecule has 3 rings (SSSR count). The van der Waals surface area contributed by atoms with E-state index in [1.54, 1.807) is 37.3 Å². The van der Waals surface area contributed by atoms with E-state index in [0.717, 1.165) is 9.87 Å². The Bertz CT molecular complexity index is 1490. The van der Waals surface area contributed by atoms with Gasteiger partial charge in [-0.05, 0) is 56.2 Å². The van der Waals surface area contributed by atoms with Gasteiger partial charge in [-0.15, -0.1) is 0 Å². The third-order valence-electron chi connectivity index (χ3n) is 6.33. The fourth-order valence-electron chi connectivity index (χ4n) is 3.92. The number of nitrogens with one attached hydrogen (secondary N) is 1. The fourth-order valence-corrected chi connectivity index (χ4v) is 6.32. The SMILES string of the molecule is Cc1ccc(S(=O)(=O)N(CC(=O)N(Cc2c(Cl)cccc2Cl)C(C)C(=O)NCC(C)C)c2cccc(Cl)c2Cl)cc1. The molecule has 12 heteroatoms. The second-order valence-corrected chi connectivity index (χ2v) is 13.4. The van der Waals surface area contributed by atoms with Gasteiger partial charge in [-0.2, -0.15) is 0 Å². The lowest BCUT2D eigenvalue weighted by Crippen LogP contribution is -2.51. The van der Waals surface area contributed by atoms with Gasteiger partial charge in [-0.1, -0.05) is 90.1 Å². The number of carbonyl (C=O) groups excluding carboxylic acids is 2. The summed E-state index contributed by atoms with van der Waals surface area (Å²) in [7, 11) is -4.31. The molecule has 41 heavy (non-hydrogen) atoms. The van der Waals surface area contributed by atoms with Crippen molar-refractivity contribution in [3.8, 4) is 0 Å². The summed E-state index contributed by atoms with van der Waals surface area (Å²) < 4.78 is 28.8. The van der Waals surface area contributed by atoms with Crippen molar-refractivity contribution in [2.45, 2.75) is 45.2 Å². The van der Waals surface area contributed by atoms with Crippen LogP contribution in [0.1, 0.15) is 31.9 Å². The number of benzene rings is 3. The Hall–Kier alpha value is -2.49. The Morgan fingerprint density at radius 1 is 0.854 bits per heavy atom. The summed E-state index contributed by atoms with van der Waals surface area (Å²) in [6.45, 7) is 6.85. The number of rotatable bonds is 11. The topological polar surface area (TPSA) is 86.8 Å². The van der Waals surface area contributed by atoms with Gasteiger partial charge in [0.05, 0.1) is 20.6 Å². The lowest BCUT2D eigenvalue weighted by atomic mass is 10.1. The van der Waals surface area contributed by atoms with Gasteiger partial charge < -0.3 is 10.2 Å². The number of hydrogen-bond acceptors (Lipinski definition) is 4. The number of sulfonamides is 1. The first-order chi connectivity index (χ1) is 19.2. The van der Waals surface area contributed by atoms with Crippen molar-refractivity contribution in [1.29, 1.82) is 0 Å². The minimum atomic E-state index is -4.31. The summed E-state index contributed by atoms with van der Waals surface area (Å²) in [6.07, 6.45) is 0. The van der Waals surface area contributed by atoms with Crippen LogP contribution in [0.2, 0.25) is 20.1 Å². The molecule has 0 radical (unpaired) electrons. The number of halogens is 4.